The smallest absolute Gasteiger partial charge is 0.342 e. The van der Waals surface area contributed by atoms with Crippen LogP contribution in [0.2, 0.25) is 0 Å². The number of fused-ring (bicyclic) bond motifs is 8. The number of benzene rings is 5. The van der Waals surface area contributed by atoms with Crippen LogP contribution in [0.1, 0.15) is 51.8 Å². The van der Waals surface area contributed by atoms with Crippen molar-refractivity contribution < 1.29 is 148 Å². The number of rotatable bonds is 4. The van der Waals surface area contributed by atoms with Crippen molar-refractivity contribution in [2.75, 3.05) is 13.2 Å². The highest BCUT2D eigenvalue weighted by Crippen LogP contribution is 2.50. The van der Waals surface area contributed by atoms with Gasteiger partial charge in [0.15, 0.2) is 64.0 Å². The highest BCUT2D eigenvalue weighted by molar-refractivity contribution is 5.97. The molecule has 5 aromatic carbocycles. The molecule has 5 aromatic rings. The molecule has 30 nitrogen and oxygen atoms in total. The van der Waals surface area contributed by atoms with Gasteiger partial charge in [-0.2, -0.15) is 0 Å². The summed E-state index contributed by atoms with van der Waals surface area (Å²) in [5.41, 5.74) is -4.42. The number of carbonyl (C=O) groups is 5. The molecule has 0 aromatic heterocycles. The third-order valence-corrected chi connectivity index (χ3v) is 11.8. The first-order chi connectivity index (χ1) is 36.4. The zero-order chi connectivity index (χ0) is 56.1. The van der Waals surface area contributed by atoms with Crippen molar-refractivity contribution in [3.63, 3.8) is 0 Å². The summed E-state index contributed by atoms with van der Waals surface area (Å²) in [5.74, 6) is -26.3. The van der Waals surface area contributed by atoms with Crippen LogP contribution in [0.4, 0.5) is 0 Å². The summed E-state index contributed by atoms with van der Waals surface area (Å²) < 4.78 is 49.4. The lowest BCUT2D eigenvalue weighted by atomic mass is 9.98. The second-order valence-corrected chi connectivity index (χ2v) is 16.7. The quantitative estimate of drug-likeness (QED) is 0.0632. The van der Waals surface area contributed by atoms with Gasteiger partial charge in [0.2, 0.25) is 47.4 Å². The highest BCUT2D eigenvalue weighted by Gasteiger charge is 2.53. The van der Waals surface area contributed by atoms with Crippen molar-refractivity contribution in [1.82, 2.24) is 0 Å². The molecular formula is C47H40O30. The maximum Gasteiger partial charge on any atom is 0.342 e. The molecule has 77 heavy (non-hydrogen) atoms. The SMILES string of the molecule is O=C1OC2OC(CO)C(O)C(O)C2OC(=O)c2cc(O)c(O)c(O)c2Oc2cc(cc(O)c2O)C(=O)OC2OC(CO)C(O)C(OC(=O)c3cc(O)c(O)c(O)c3)C2OC(=O)c2cc(O)c(O)c(O)c2Oc2cccc1c2. The Morgan fingerprint density at radius 3 is 1.55 bits per heavy atom. The minimum atomic E-state index is -2.53. The van der Waals surface area contributed by atoms with Crippen LogP contribution >= 0.6 is 0 Å². The van der Waals surface area contributed by atoms with Gasteiger partial charge in [0.05, 0.1) is 29.9 Å². The van der Waals surface area contributed by atoms with Gasteiger partial charge >= 0.3 is 29.8 Å². The average Bonchev–Trinajstić information content (AvgIpc) is 3.42. The highest BCUT2D eigenvalue weighted by atomic mass is 16.7. The largest absolute Gasteiger partial charge is 0.504 e. The van der Waals surface area contributed by atoms with E-state index in [9.17, 15) is 106 Å². The third-order valence-electron chi connectivity index (χ3n) is 11.8. The number of phenolic OH excluding ortho intramolecular Hbond substituents is 11. The lowest BCUT2D eigenvalue weighted by molar-refractivity contribution is -0.284. The summed E-state index contributed by atoms with van der Waals surface area (Å²) in [6, 6.07) is 7.03. The van der Waals surface area contributed by atoms with Crippen molar-refractivity contribution in [3.8, 4) is 86.2 Å². The van der Waals surface area contributed by atoms with E-state index in [1.807, 2.05) is 0 Å². The van der Waals surface area contributed by atoms with Gasteiger partial charge in [-0.25, -0.2) is 24.0 Å². The van der Waals surface area contributed by atoms with Crippen LogP contribution in [0.3, 0.4) is 0 Å². The van der Waals surface area contributed by atoms with Crippen molar-refractivity contribution >= 4 is 29.8 Å². The van der Waals surface area contributed by atoms with Crippen molar-refractivity contribution in [3.05, 3.63) is 88.5 Å². The molecule has 408 valence electrons. The van der Waals surface area contributed by atoms with Crippen molar-refractivity contribution in [2.45, 2.75) is 61.4 Å². The van der Waals surface area contributed by atoms with Gasteiger partial charge in [0, 0.05) is 12.1 Å². The van der Waals surface area contributed by atoms with Crippen LogP contribution in [0.5, 0.6) is 86.2 Å². The first kappa shape index (κ1) is 53.8. The summed E-state index contributed by atoms with van der Waals surface area (Å²) in [4.78, 5) is 70.0. The van der Waals surface area contributed by atoms with Crippen molar-refractivity contribution in [2.24, 2.45) is 0 Å². The predicted octanol–water partition coefficient (Wildman–Crippen LogP) is -0.146. The molecule has 10 unspecified atom stereocenters. The molecule has 10 atom stereocenters. The summed E-state index contributed by atoms with van der Waals surface area (Å²) in [7, 11) is 0. The Kier molecular flexibility index (Phi) is 14.7. The van der Waals surface area contributed by atoms with Crippen LogP contribution in [0.25, 0.3) is 0 Å². The first-order valence-electron chi connectivity index (χ1n) is 21.9. The van der Waals surface area contributed by atoms with Gasteiger partial charge in [0.25, 0.3) is 0 Å². The molecule has 0 saturated carbocycles. The Balaban J connectivity index is 1.29. The lowest BCUT2D eigenvalue weighted by Gasteiger charge is -2.42. The number of aliphatic hydroxyl groups excluding tert-OH is 5. The summed E-state index contributed by atoms with van der Waals surface area (Å²) in [5, 5.41) is 170. The van der Waals surface area contributed by atoms with Gasteiger partial charge in [0.1, 0.15) is 47.4 Å². The Morgan fingerprint density at radius 2 is 0.974 bits per heavy atom. The second-order valence-electron chi connectivity index (χ2n) is 16.7. The molecule has 3 heterocycles. The molecule has 0 spiro atoms. The van der Waals surface area contributed by atoms with E-state index in [1.165, 1.54) is 0 Å². The Bertz CT molecular complexity index is 3170. The molecule has 2 saturated heterocycles. The fraction of sp³-hybridized carbons (Fsp3) is 0.255. The fourth-order valence-corrected chi connectivity index (χ4v) is 7.77. The van der Waals surface area contributed by atoms with E-state index in [2.05, 4.69) is 0 Å². The molecule has 16 N–H and O–H groups in total. The normalized spacial score (nSPS) is 24.7. The predicted molar refractivity (Wildman–Crippen MR) is 239 cm³/mol. The van der Waals surface area contributed by atoms with Crippen LogP contribution in [-0.4, -0.2) is 186 Å². The van der Waals surface area contributed by atoms with E-state index in [1.54, 1.807) is 0 Å². The van der Waals surface area contributed by atoms with Crippen LogP contribution in [0, 0.1) is 0 Å². The molecule has 4 bridgehead atoms. The minimum absolute atomic E-state index is 0.391. The second kappa shape index (κ2) is 21.1. The standard InChI is InChI=1S/C47H40O30/c48-11-25-31(59)35(63)39-46(71-25)76-41(64)13-2-1-3-16(4-13)69-36-17(9-22(53)29(57)33(36)61)45(68)75-40-38(73-42(65)14-5-19(50)27(55)20(51)6-14)32(60)26(12-49)72-47(40)77-43(66)15-7-21(52)28(56)24(8-15)70-37-18(44(67)74-39)10-23(54)30(58)34(37)62/h1-10,25-26,31-32,35,38-40,46-63H,11-12H2. The number of esters is 5. The summed E-state index contributed by atoms with van der Waals surface area (Å²) in [6.07, 6.45) is -22.5. The fourth-order valence-electron chi connectivity index (χ4n) is 7.77. The number of hydrogen-bond donors (Lipinski definition) is 16. The molecule has 2 fully saturated rings. The van der Waals surface area contributed by atoms with Crippen LogP contribution in [-0.2, 0) is 33.2 Å². The van der Waals surface area contributed by atoms with E-state index < -0.39 is 219 Å². The lowest BCUT2D eigenvalue weighted by Crippen LogP contribution is -2.62. The van der Waals surface area contributed by atoms with Crippen LogP contribution < -0.4 is 9.47 Å². The zero-order valence-electron chi connectivity index (χ0n) is 38.3. The Morgan fingerprint density at radius 1 is 0.481 bits per heavy atom. The number of carbonyl (C=O) groups excluding carboxylic acids is 5. The Hall–Kier alpha value is -9.43. The number of hydrogen-bond acceptors (Lipinski definition) is 30. The van der Waals surface area contributed by atoms with Gasteiger partial charge in [-0.3, -0.25) is 0 Å². The summed E-state index contributed by atoms with van der Waals surface area (Å²) >= 11 is 0. The number of phenols is 11. The maximum atomic E-state index is 14.4. The molecule has 3 aliphatic rings. The van der Waals surface area contributed by atoms with E-state index >= 15 is 0 Å². The molecule has 8 rings (SSSR count). The van der Waals surface area contributed by atoms with Crippen LogP contribution in [0.15, 0.2) is 60.7 Å². The number of aliphatic hydroxyl groups is 5. The van der Waals surface area contributed by atoms with E-state index in [-0.39, 0.29) is 0 Å². The van der Waals surface area contributed by atoms with Crippen molar-refractivity contribution in [1.29, 1.82) is 0 Å². The molecule has 0 radical (unpaired) electrons. The van der Waals surface area contributed by atoms with Gasteiger partial charge in [-0.05, 0) is 42.5 Å². The van der Waals surface area contributed by atoms with Gasteiger partial charge in [-0.15, -0.1) is 0 Å². The number of aromatic hydroxyl groups is 11. The first-order valence-corrected chi connectivity index (χ1v) is 21.9. The maximum absolute atomic E-state index is 14.4. The minimum Gasteiger partial charge on any atom is -0.504 e. The topological polar surface area (TPSA) is 492 Å². The monoisotopic (exact) mass is 1080 g/mol. The van der Waals surface area contributed by atoms with Gasteiger partial charge in [-0.1, -0.05) is 6.07 Å². The number of ether oxygens (including phenoxy) is 9. The molecule has 3 aliphatic heterocycles. The molecule has 30 heteroatoms. The summed E-state index contributed by atoms with van der Waals surface area (Å²) in [6.45, 7) is -2.26. The zero-order valence-corrected chi connectivity index (χ0v) is 38.3. The van der Waals surface area contributed by atoms with Gasteiger partial charge < -0.3 is 124 Å². The molecule has 0 aliphatic carbocycles. The van der Waals surface area contributed by atoms with E-state index in [0.717, 1.165) is 24.3 Å². The molecule has 0 amide bonds. The Labute approximate surface area is 426 Å². The van der Waals surface area contributed by atoms with E-state index in [0.29, 0.717) is 36.4 Å². The molecular weight excluding hydrogens is 1040 g/mol. The van der Waals surface area contributed by atoms with E-state index in [4.69, 9.17) is 42.6 Å². The third kappa shape index (κ3) is 10.2. The average molecular weight is 1080 g/mol.